The Morgan fingerprint density at radius 1 is 1.10 bits per heavy atom. The average molecular weight is 280 g/mol. The van der Waals surface area contributed by atoms with Crippen molar-refractivity contribution in [3.63, 3.8) is 0 Å². The molecule has 1 amide bonds. The summed E-state index contributed by atoms with van der Waals surface area (Å²) in [6.45, 7) is -0.0804. The molecule has 0 atom stereocenters. The van der Waals surface area contributed by atoms with Crippen LogP contribution in [0.1, 0.15) is 21.5 Å². The zero-order valence-electron chi connectivity index (χ0n) is 10.8. The predicted octanol–water partition coefficient (Wildman–Crippen LogP) is 2.43. The van der Waals surface area contributed by atoms with Crippen molar-refractivity contribution in [3.8, 4) is 6.07 Å². The van der Waals surface area contributed by atoms with Crippen molar-refractivity contribution in [2.45, 2.75) is 6.54 Å². The number of amides is 1. The van der Waals surface area contributed by atoms with Crippen LogP contribution in [-0.2, 0) is 11.3 Å². The van der Waals surface area contributed by atoms with E-state index in [0.29, 0.717) is 11.3 Å². The quantitative estimate of drug-likeness (QED) is 0.794. The number of Topliss-reactive ketones (excluding diaryl/α,β-unsaturated/α-hetero) is 1. The van der Waals surface area contributed by atoms with Crippen LogP contribution in [0.15, 0.2) is 42.5 Å². The molecule has 2 aromatic carbocycles. The molecule has 0 bridgehead atoms. The molecule has 0 fully saturated rings. The van der Waals surface area contributed by atoms with Crippen LogP contribution in [0.2, 0.25) is 0 Å². The first-order valence-electron chi connectivity index (χ1n) is 6.26. The van der Waals surface area contributed by atoms with Crippen molar-refractivity contribution in [1.29, 1.82) is 5.26 Å². The minimum Gasteiger partial charge on any atom is -0.300 e. The van der Waals surface area contributed by atoms with E-state index >= 15 is 0 Å². The highest BCUT2D eigenvalue weighted by molar-refractivity contribution is 6.52. The van der Waals surface area contributed by atoms with Gasteiger partial charge in [-0.15, -0.1) is 0 Å². The van der Waals surface area contributed by atoms with E-state index in [0.717, 1.165) is 0 Å². The Morgan fingerprint density at radius 3 is 2.62 bits per heavy atom. The maximum Gasteiger partial charge on any atom is 0.299 e. The van der Waals surface area contributed by atoms with Gasteiger partial charge in [0.2, 0.25) is 0 Å². The zero-order valence-corrected chi connectivity index (χ0v) is 10.8. The summed E-state index contributed by atoms with van der Waals surface area (Å²) < 4.78 is 14.1. The first kappa shape index (κ1) is 13.0. The Kier molecular flexibility index (Phi) is 2.99. The number of fused-ring (bicyclic) bond motifs is 1. The number of rotatable bonds is 2. The molecule has 1 aliphatic heterocycles. The first-order chi connectivity index (χ1) is 10.1. The molecule has 5 heteroatoms. The Bertz CT molecular complexity index is 808. The third-order valence-corrected chi connectivity index (χ3v) is 3.41. The van der Waals surface area contributed by atoms with Gasteiger partial charge in [-0.2, -0.15) is 5.26 Å². The number of halogens is 1. The second-order valence-electron chi connectivity index (χ2n) is 4.63. The fourth-order valence-electron chi connectivity index (χ4n) is 2.36. The zero-order chi connectivity index (χ0) is 15.0. The lowest BCUT2D eigenvalue weighted by Crippen LogP contribution is -2.29. The topological polar surface area (TPSA) is 61.2 Å². The molecule has 102 valence electrons. The lowest BCUT2D eigenvalue weighted by Gasteiger charge is -2.17. The van der Waals surface area contributed by atoms with E-state index in [4.69, 9.17) is 5.26 Å². The summed E-state index contributed by atoms with van der Waals surface area (Å²) in [6, 6.07) is 12.8. The second-order valence-corrected chi connectivity index (χ2v) is 4.63. The number of carbonyl (C=O) groups excluding carboxylic acids is 2. The highest BCUT2D eigenvalue weighted by Crippen LogP contribution is 2.30. The number of hydrogen-bond donors (Lipinski definition) is 0. The van der Waals surface area contributed by atoms with Gasteiger partial charge in [0.15, 0.2) is 0 Å². The van der Waals surface area contributed by atoms with Crippen LogP contribution in [0.4, 0.5) is 10.1 Å². The Morgan fingerprint density at radius 2 is 1.86 bits per heavy atom. The molecule has 2 aromatic rings. The normalized spacial score (nSPS) is 13.2. The van der Waals surface area contributed by atoms with E-state index in [1.54, 1.807) is 36.4 Å². The summed E-state index contributed by atoms with van der Waals surface area (Å²) in [5.41, 5.74) is 0.902. The molecule has 3 rings (SSSR count). The van der Waals surface area contributed by atoms with Gasteiger partial charge in [-0.3, -0.25) is 9.59 Å². The Labute approximate surface area is 120 Å². The van der Waals surface area contributed by atoms with E-state index in [1.165, 1.54) is 17.0 Å². The molecule has 0 aliphatic carbocycles. The van der Waals surface area contributed by atoms with Gasteiger partial charge in [-0.05, 0) is 18.2 Å². The van der Waals surface area contributed by atoms with Gasteiger partial charge < -0.3 is 4.90 Å². The average Bonchev–Trinajstić information content (AvgIpc) is 2.75. The number of para-hydroxylation sites is 1. The molecular formula is C16H9FN2O2. The van der Waals surface area contributed by atoms with E-state index < -0.39 is 17.5 Å². The minimum atomic E-state index is -0.682. The van der Waals surface area contributed by atoms with Crippen LogP contribution in [0, 0.1) is 17.1 Å². The van der Waals surface area contributed by atoms with Crippen LogP contribution in [-0.4, -0.2) is 11.7 Å². The summed E-state index contributed by atoms with van der Waals surface area (Å²) in [5, 5.41) is 8.83. The third kappa shape index (κ3) is 1.98. The molecule has 1 aliphatic rings. The SMILES string of the molecule is N#Cc1cccc(CN2C(=O)C(=O)c3ccccc32)c1F. The number of nitriles is 1. The highest BCUT2D eigenvalue weighted by Gasteiger charge is 2.35. The van der Waals surface area contributed by atoms with Gasteiger partial charge in [0, 0.05) is 5.56 Å². The summed E-state index contributed by atoms with van der Waals surface area (Å²) in [5.74, 6) is -1.94. The molecule has 0 spiro atoms. The number of benzene rings is 2. The van der Waals surface area contributed by atoms with Crippen LogP contribution >= 0.6 is 0 Å². The van der Waals surface area contributed by atoms with E-state index in [9.17, 15) is 14.0 Å². The lowest BCUT2D eigenvalue weighted by molar-refractivity contribution is -0.114. The monoisotopic (exact) mass is 280 g/mol. The third-order valence-electron chi connectivity index (χ3n) is 3.41. The summed E-state index contributed by atoms with van der Waals surface area (Å²) in [4.78, 5) is 25.1. The maximum atomic E-state index is 14.1. The van der Waals surface area contributed by atoms with Gasteiger partial charge in [0.1, 0.15) is 11.9 Å². The Balaban J connectivity index is 2.02. The van der Waals surface area contributed by atoms with Crippen LogP contribution in [0.5, 0.6) is 0 Å². The number of hydrogen-bond acceptors (Lipinski definition) is 3. The summed E-state index contributed by atoms with van der Waals surface area (Å²) in [6.07, 6.45) is 0. The molecule has 0 unspecified atom stereocenters. The first-order valence-corrected chi connectivity index (χ1v) is 6.26. The van der Waals surface area contributed by atoms with E-state index in [-0.39, 0.29) is 17.7 Å². The lowest BCUT2D eigenvalue weighted by atomic mass is 10.1. The maximum absolute atomic E-state index is 14.1. The standard InChI is InChI=1S/C16H9FN2O2/c17-14-10(8-18)4-3-5-11(14)9-19-13-7-2-1-6-12(13)15(20)16(19)21/h1-7H,9H2. The number of ketones is 1. The van der Waals surface area contributed by atoms with Gasteiger partial charge in [-0.25, -0.2) is 4.39 Å². The van der Waals surface area contributed by atoms with Crippen LogP contribution in [0.25, 0.3) is 0 Å². The molecular weight excluding hydrogens is 271 g/mol. The van der Waals surface area contributed by atoms with Gasteiger partial charge in [0.25, 0.3) is 11.7 Å². The van der Waals surface area contributed by atoms with E-state index in [2.05, 4.69) is 0 Å². The van der Waals surface area contributed by atoms with E-state index in [1.807, 2.05) is 0 Å². The van der Waals surface area contributed by atoms with Crippen molar-refractivity contribution in [1.82, 2.24) is 0 Å². The van der Waals surface area contributed by atoms with Crippen molar-refractivity contribution in [2.75, 3.05) is 4.90 Å². The summed E-state index contributed by atoms with van der Waals surface area (Å²) >= 11 is 0. The fourth-order valence-corrected chi connectivity index (χ4v) is 2.36. The molecule has 21 heavy (non-hydrogen) atoms. The smallest absolute Gasteiger partial charge is 0.299 e. The molecule has 0 radical (unpaired) electrons. The fraction of sp³-hybridized carbons (Fsp3) is 0.0625. The number of carbonyl (C=O) groups is 2. The molecule has 0 N–H and O–H groups in total. The van der Waals surface area contributed by atoms with Crippen molar-refractivity contribution in [3.05, 3.63) is 65.0 Å². The predicted molar refractivity (Wildman–Crippen MR) is 73.1 cm³/mol. The summed E-state index contributed by atoms with van der Waals surface area (Å²) in [7, 11) is 0. The van der Waals surface area contributed by atoms with Crippen molar-refractivity contribution in [2.24, 2.45) is 0 Å². The highest BCUT2D eigenvalue weighted by atomic mass is 19.1. The van der Waals surface area contributed by atoms with Crippen LogP contribution < -0.4 is 4.90 Å². The molecule has 0 saturated heterocycles. The Hall–Kier alpha value is -3.00. The van der Waals surface area contributed by atoms with Gasteiger partial charge in [0.05, 0.1) is 23.4 Å². The van der Waals surface area contributed by atoms with Gasteiger partial charge in [-0.1, -0.05) is 24.3 Å². The van der Waals surface area contributed by atoms with Crippen LogP contribution in [0.3, 0.4) is 0 Å². The molecule has 0 saturated carbocycles. The second kappa shape index (κ2) is 4.84. The molecule has 1 heterocycles. The van der Waals surface area contributed by atoms with Gasteiger partial charge >= 0.3 is 0 Å². The minimum absolute atomic E-state index is 0.0804. The molecule has 4 nitrogen and oxygen atoms in total. The number of anilines is 1. The number of nitrogens with zero attached hydrogens (tertiary/aromatic N) is 2. The largest absolute Gasteiger partial charge is 0.300 e. The molecule has 0 aromatic heterocycles. The van der Waals surface area contributed by atoms with Crippen molar-refractivity contribution < 1.29 is 14.0 Å². The van der Waals surface area contributed by atoms with Crippen molar-refractivity contribution >= 4 is 17.4 Å².